The van der Waals surface area contributed by atoms with E-state index in [2.05, 4.69) is 32.6 Å². The molecule has 3 rings (SSSR count). The number of nitrogens with zero attached hydrogens (tertiary/aromatic N) is 3. The highest BCUT2D eigenvalue weighted by Gasteiger charge is 2.10. The molecule has 10 nitrogen and oxygen atoms in total. The average molecular weight is 517 g/mol. The number of benzene rings is 2. The van der Waals surface area contributed by atoms with E-state index in [1.807, 2.05) is 43.3 Å². The number of rotatable bonds is 11. The van der Waals surface area contributed by atoms with Gasteiger partial charge in [0.05, 0.1) is 30.8 Å². The number of amides is 1. The Hall–Kier alpha value is -4.43. The number of carbonyl (C=O) groups is 1. The number of carbonyl (C=O) groups excluding carboxylic acids is 1. The molecule has 0 saturated heterocycles. The van der Waals surface area contributed by atoms with Crippen molar-refractivity contribution in [3.05, 3.63) is 84.6 Å². The molecule has 0 atom stereocenters. The van der Waals surface area contributed by atoms with Crippen LogP contribution in [0.5, 0.6) is 5.75 Å². The molecule has 0 radical (unpaired) electrons. The van der Waals surface area contributed by atoms with Crippen LogP contribution >= 0.6 is 0 Å². The van der Waals surface area contributed by atoms with Crippen LogP contribution in [-0.4, -0.2) is 65.2 Å². The zero-order valence-corrected chi connectivity index (χ0v) is 21.3. The zero-order chi connectivity index (χ0) is 27.0. The van der Waals surface area contributed by atoms with Crippen LogP contribution < -0.4 is 21.2 Å². The normalized spacial score (nSPS) is 10.1. The number of nitrogens with two attached hydrogens (primary N) is 1. The number of ether oxygens (including phenoxy) is 2. The molecule has 3 aromatic rings. The second kappa shape index (κ2) is 15.6. The van der Waals surface area contributed by atoms with E-state index in [1.54, 1.807) is 41.7 Å². The number of nitrogens with one attached hydrogen (secondary N) is 2. The molecule has 0 bridgehead atoms. The van der Waals surface area contributed by atoms with Gasteiger partial charge in [-0.05, 0) is 55.0 Å². The number of hydrogen-bond acceptors (Lipinski definition) is 8. The van der Waals surface area contributed by atoms with Gasteiger partial charge in [-0.15, -0.1) is 0 Å². The fourth-order valence-corrected chi connectivity index (χ4v) is 3.39. The number of aryl methyl sites for hydroxylation is 1. The van der Waals surface area contributed by atoms with Crippen LogP contribution in [0.1, 0.15) is 15.9 Å². The average Bonchev–Trinajstić information content (AvgIpc) is 3.04. The van der Waals surface area contributed by atoms with Crippen LogP contribution in [0.4, 0.5) is 5.69 Å². The summed E-state index contributed by atoms with van der Waals surface area (Å²) in [7, 11) is 0. The van der Waals surface area contributed by atoms with E-state index in [-0.39, 0.29) is 19.1 Å². The topological polar surface area (TPSA) is 137 Å². The summed E-state index contributed by atoms with van der Waals surface area (Å²) in [6.07, 6.45) is 8.35. The first-order valence-electron chi connectivity index (χ1n) is 12.1. The van der Waals surface area contributed by atoms with Gasteiger partial charge >= 0.3 is 0 Å². The minimum atomic E-state index is -0.197. The standard InChI is InChI=1S/C28H32N6O4/c1-22-20-24(6-9-26(22)28(36)32-14-19-37-18-10-29)33-34-15-13-30-11-12-31-21-27(34)23-4-7-25(8-5-23)38-17-3-2-16-35/h4-9,11-13,15,20-21,33,35H,10,14,16-19,29H2,1H3,(H,32,36). The molecule has 10 heteroatoms. The molecule has 0 aliphatic rings. The fourth-order valence-electron chi connectivity index (χ4n) is 3.39. The maximum atomic E-state index is 12.6. The number of aliphatic hydroxyl groups is 1. The second-order valence-electron chi connectivity index (χ2n) is 7.90. The summed E-state index contributed by atoms with van der Waals surface area (Å²) in [5, 5.41) is 11.6. The Balaban J connectivity index is 1.80. The van der Waals surface area contributed by atoms with Crippen LogP contribution in [0, 0.1) is 18.8 Å². The summed E-state index contributed by atoms with van der Waals surface area (Å²) >= 11 is 0. The molecule has 5 N–H and O–H groups in total. The highest BCUT2D eigenvalue weighted by Crippen LogP contribution is 2.22. The third-order valence-electron chi connectivity index (χ3n) is 5.18. The lowest BCUT2D eigenvalue weighted by Crippen LogP contribution is -2.28. The van der Waals surface area contributed by atoms with E-state index >= 15 is 0 Å². The summed E-state index contributed by atoms with van der Waals surface area (Å²) in [4.78, 5) is 21.1. The molecule has 0 fully saturated rings. The Labute approximate surface area is 222 Å². The molecular weight excluding hydrogens is 484 g/mol. The molecule has 0 aliphatic carbocycles. The van der Waals surface area contributed by atoms with Crippen LogP contribution in [0.3, 0.4) is 0 Å². The van der Waals surface area contributed by atoms with Crippen molar-refractivity contribution >= 4 is 11.6 Å². The van der Waals surface area contributed by atoms with Gasteiger partial charge in [0.15, 0.2) is 0 Å². The van der Waals surface area contributed by atoms with Gasteiger partial charge in [0.1, 0.15) is 19.0 Å². The van der Waals surface area contributed by atoms with Crippen molar-refractivity contribution in [1.82, 2.24) is 20.0 Å². The molecule has 0 spiro atoms. The van der Waals surface area contributed by atoms with E-state index in [0.717, 1.165) is 22.5 Å². The number of anilines is 1. The van der Waals surface area contributed by atoms with Gasteiger partial charge in [-0.25, -0.2) is 0 Å². The van der Waals surface area contributed by atoms with Gasteiger partial charge in [0.25, 0.3) is 5.91 Å². The largest absolute Gasteiger partial charge is 0.481 e. The molecule has 198 valence electrons. The first kappa shape index (κ1) is 28.1. The molecule has 1 heterocycles. The van der Waals surface area contributed by atoms with Gasteiger partial charge in [-0.2, -0.15) is 0 Å². The number of hydrogen-bond donors (Lipinski definition) is 4. The van der Waals surface area contributed by atoms with E-state index in [1.165, 1.54) is 0 Å². The number of aromatic nitrogens is 3. The van der Waals surface area contributed by atoms with E-state index in [0.29, 0.717) is 37.6 Å². The van der Waals surface area contributed by atoms with Gasteiger partial charge < -0.3 is 25.6 Å². The monoisotopic (exact) mass is 516 g/mol. The Kier molecular flexibility index (Phi) is 11.6. The van der Waals surface area contributed by atoms with Crippen LogP contribution in [0.25, 0.3) is 11.3 Å². The first-order chi connectivity index (χ1) is 18.6. The van der Waals surface area contributed by atoms with E-state index in [4.69, 9.17) is 20.3 Å². The molecule has 0 saturated carbocycles. The first-order valence-corrected chi connectivity index (χ1v) is 12.1. The van der Waals surface area contributed by atoms with Crippen molar-refractivity contribution in [3.63, 3.8) is 0 Å². The van der Waals surface area contributed by atoms with Gasteiger partial charge in [-0.1, -0.05) is 11.8 Å². The predicted octanol–water partition coefficient (Wildman–Crippen LogP) is 2.33. The van der Waals surface area contributed by atoms with Gasteiger partial charge in [0, 0.05) is 49.0 Å². The van der Waals surface area contributed by atoms with Crippen molar-refractivity contribution < 1.29 is 19.4 Å². The lowest BCUT2D eigenvalue weighted by atomic mass is 10.1. The molecule has 0 aliphatic heterocycles. The Bertz CT molecular complexity index is 1300. The summed E-state index contributed by atoms with van der Waals surface area (Å²) in [5.41, 5.74) is 12.6. The fraction of sp³-hybridized carbons (Fsp3) is 0.250. The van der Waals surface area contributed by atoms with Crippen LogP contribution in [0.2, 0.25) is 0 Å². The van der Waals surface area contributed by atoms with Crippen molar-refractivity contribution in [2.24, 2.45) is 5.73 Å². The Morgan fingerprint density at radius 3 is 2.66 bits per heavy atom. The maximum absolute atomic E-state index is 12.6. The summed E-state index contributed by atoms with van der Waals surface area (Å²) in [6, 6.07) is 13.0. The molecule has 1 aromatic heterocycles. The SMILES string of the molecule is Cc1cc(Nn2ccnccncc2-c2ccc(OCC#CCO)cc2)ccc1C(=O)NCCOCCN. The molecule has 0 unspecified atom stereocenters. The van der Waals surface area contributed by atoms with Crippen molar-refractivity contribution in [3.8, 4) is 28.8 Å². The third kappa shape index (κ3) is 8.90. The minimum Gasteiger partial charge on any atom is -0.481 e. The van der Waals surface area contributed by atoms with E-state index in [9.17, 15) is 4.79 Å². The second-order valence-corrected chi connectivity index (χ2v) is 7.90. The maximum Gasteiger partial charge on any atom is 0.251 e. The summed E-state index contributed by atoms with van der Waals surface area (Å²) in [5.74, 6) is 5.76. The van der Waals surface area contributed by atoms with Crippen LogP contribution in [-0.2, 0) is 4.74 Å². The Morgan fingerprint density at radius 2 is 1.89 bits per heavy atom. The number of aliphatic hydroxyl groups excluding tert-OH is 1. The highest BCUT2D eigenvalue weighted by atomic mass is 16.5. The van der Waals surface area contributed by atoms with Crippen LogP contribution in [0.15, 0.2) is 73.4 Å². The molecule has 2 aromatic carbocycles. The minimum absolute atomic E-state index is 0.165. The summed E-state index contributed by atoms with van der Waals surface area (Å²) in [6.45, 7) is 3.61. The summed E-state index contributed by atoms with van der Waals surface area (Å²) < 4.78 is 12.7. The lowest BCUT2D eigenvalue weighted by Gasteiger charge is -2.16. The zero-order valence-electron chi connectivity index (χ0n) is 21.3. The van der Waals surface area contributed by atoms with Crippen molar-refractivity contribution in [2.45, 2.75) is 6.92 Å². The van der Waals surface area contributed by atoms with Crippen molar-refractivity contribution in [1.29, 1.82) is 0 Å². The third-order valence-corrected chi connectivity index (χ3v) is 5.18. The highest BCUT2D eigenvalue weighted by molar-refractivity contribution is 5.96. The van der Waals surface area contributed by atoms with Gasteiger partial charge in [-0.3, -0.25) is 24.9 Å². The Morgan fingerprint density at radius 1 is 1.08 bits per heavy atom. The molecule has 38 heavy (non-hydrogen) atoms. The molecule has 1 amide bonds. The smallest absolute Gasteiger partial charge is 0.251 e. The predicted molar refractivity (Wildman–Crippen MR) is 146 cm³/mol. The van der Waals surface area contributed by atoms with Gasteiger partial charge in [0.2, 0.25) is 0 Å². The quantitative estimate of drug-likeness (QED) is 0.225. The van der Waals surface area contributed by atoms with Crippen molar-refractivity contribution in [2.75, 3.05) is 44.9 Å². The van der Waals surface area contributed by atoms with E-state index < -0.39 is 0 Å². The molecular formula is C28H32N6O4. The lowest BCUT2D eigenvalue weighted by molar-refractivity contribution is 0.0919.